The van der Waals surface area contributed by atoms with Crippen LogP contribution in [-0.2, 0) is 17.6 Å². The fourth-order valence-electron chi connectivity index (χ4n) is 4.70. The number of benzene rings is 5. The number of hydrogen-bond acceptors (Lipinski definition) is 3. The first-order valence-corrected chi connectivity index (χ1v) is 19.4. The first-order valence-electron chi connectivity index (χ1n) is 18.4. The molecule has 268 valence electrons. The summed E-state index contributed by atoms with van der Waals surface area (Å²) in [6, 6.07) is 45.9. The van der Waals surface area contributed by atoms with Crippen molar-refractivity contribution in [1.82, 2.24) is 0 Å². The van der Waals surface area contributed by atoms with Crippen LogP contribution < -0.4 is 4.74 Å². The quantitative estimate of drug-likeness (QED) is 0.115. The maximum Gasteiger partial charge on any atom is 0.172 e. The summed E-state index contributed by atoms with van der Waals surface area (Å²) in [5.74, 6) is 4.53. The number of hydrogen-bond donors (Lipinski definition) is 0. The number of rotatable bonds is 13. The summed E-state index contributed by atoms with van der Waals surface area (Å²) in [5.41, 5.74) is 2.90. The minimum absolute atomic E-state index is 0.0451. The number of fused-ring (bicyclic) bond motifs is 1. The third-order valence-corrected chi connectivity index (χ3v) is 8.83. The Hall–Kier alpha value is -3.82. The van der Waals surface area contributed by atoms with Gasteiger partial charge in [-0.05, 0) is 95.4 Å². The molecule has 0 N–H and O–H groups in total. The Balaban J connectivity index is 0.000000234. The van der Waals surface area contributed by atoms with Crippen LogP contribution in [0, 0.1) is 23.7 Å². The highest BCUT2D eigenvalue weighted by atomic mass is 32.2. The summed E-state index contributed by atoms with van der Waals surface area (Å²) >= 11 is 1.95. The second-order valence-corrected chi connectivity index (χ2v) is 15.4. The van der Waals surface area contributed by atoms with E-state index in [1.54, 1.807) is 0 Å². The Bertz CT molecular complexity index is 1560. The zero-order valence-corrected chi connectivity index (χ0v) is 32.8. The minimum Gasteiger partial charge on any atom is -0.486 e. The Morgan fingerprint density at radius 2 is 1.10 bits per heavy atom. The summed E-state index contributed by atoms with van der Waals surface area (Å²) < 4.78 is 5.28. The van der Waals surface area contributed by atoms with Gasteiger partial charge in [0.15, 0.2) is 5.78 Å². The molecule has 0 spiro atoms. The molecule has 0 saturated heterocycles. The standard InChI is InChI=1S/C15H18.C11H14O2.C11H16S.C10H14/c1-12(2)7-8-13-9-10-14-5-3-4-6-15(14)11-13;1-9(2)11(12)8-13-10-6-4-3-5-7-10;1-10(2)8-9-12-11-6-4-3-5-7-11;1-9(2)8-10-6-4-3-5-7-10/h3-6,9-12H,7-8H2,1-2H3;3-7,9H,8H2,1-2H3;3-7,10H,8-9H2,1-2H3;3-7,9H,8H2,1-2H3. The Morgan fingerprint density at radius 3 is 1.66 bits per heavy atom. The van der Waals surface area contributed by atoms with E-state index in [4.69, 9.17) is 4.74 Å². The van der Waals surface area contributed by atoms with E-state index in [1.807, 2.05) is 55.9 Å². The SMILES string of the molecule is CC(C)C(=O)COc1ccccc1.CC(C)CCSc1ccccc1.CC(C)CCc1ccc2ccccc2c1.CC(C)Cc1ccccc1. The van der Waals surface area contributed by atoms with Crippen molar-refractivity contribution in [2.75, 3.05) is 12.4 Å². The predicted molar refractivity (Wildman–Crippen MR) is 220 cm³/mol. The second kappa shape index (κ2) is 25.2. The molecular weight excluding hydrogens is 629 g/mol. The van der Waals surface area contributed by atoms with E-state index in [-0.39, 0.29) is 18.3 Å². The van der Waals surface area contributed by atoms with Crippen LogP contribution in [0.3, 0.4) is 0 Å². The van der Waals surface area contributed by atoms with Gasteiger partial charge in [-0.2, -0.15) is 0 Å². The van der Waals surface area contributed by atoms with Crippen molar-refractivity contribution >= 4 is 28.3 Å². The van der Waals surface area contributed by atoms with Crippen molar-refractivity contribution in [1.29, 1.82) is 0 Å². The Morgan fingerprint density at radius 1 is 0.560 bits per heavy atom. The largest absolute Gasteiger partial charge is 0.486 e. The lowest BCUT2D eigenvalue weighted by Crippen LogP contribution is -2.16. The lowest BCUT2D eigenvalue weighted by Gasteiger charge is -2.06. The minimum atomic E-state index is 0.0451. The molecule has 0 unspecified atom stereocenters. The maximum atomic E-state index is 11.2. The van der Waals surface area contributed by atoms with E-state index in [1.165, 1.54) is 58.2 Å². The summed E-state index contributed by atoms with van der Waals surface area (Å²) in [6.07, 6.45) is 4.97. The molecule has 2 nitrogen and oxygen atoms in total. The van der Waals surface area contributed by atoms with E-state index >= 15 is 0 Å². The maximum absolute atomic E-state index is 11.2. The fraction of sp³-hybridized carbons (Fsp3) is 0.383. The van der Waals surface area contributed by atoms with Crippen molar-refractivity contribution in [2.45, 2.75) is 86.0 Å². The molecular formula is C47H62O2S. The number of ketones is 1. The van der Waals surface area contributed by atoms with Gasteiger partial charge in [-0.3, -0.25) is 4.79 Å². The van der Waals surface area contributed by atoms with Crippen LogP contribution in [0.25, 0.3) is 10.8 Å². The Labute approximate surface area is 309 Å². The molecule has 0 aliphatic heterocycles. The molecule has 0 aliphatic rings. The summed E-state index contributed by atoms with van der Waals surface area (Å²) in [4.78, 5) is 12.6. The molecule has 0 heterocycles. The van der Waals surface area contributed by atoms with Gasteiger partial charge in [-0.15, -0.1) is 11.8 Å². The molecule has 0 bridgehead atoms. The van der Waals surface area contributed by atoms with Crippen LogP contribution in [0.5, 0.6) is 5.75 Å². The topological polar surface area (TPSA) is 26.3 Å². The molecule has 0 aliphatic carbocycles. The van der Waals surface area contributed by atoms with Crippen molar-refractivity contribution in [3.05, 3.63) is 145 Å². The van der Waals surface area contributed by atoms with Crippen molar-refractivity contribution in [3.8, 4) is 5.75 Å². The normalized spacial score (nSPS) is 10.6. The third kappa shape index (κ3) is 20.0. The average Bonchev–Trinajstić information content (AvgIpc) is 3.11. The zero-order valence-electron chi connectivity index (χ0n) is 32.0. The molecule has 5 rings (SSSR count). The van der Waals surface area contributed by atoms with E-state index in [0.717, 1.165) is 23.5 Å². The smallest absolute Gasteiger partial charge is 0.172 e. The Kier molecular flexibility index (Phi) is 21.3. The molecule has 5 aromatic carbocycles. The van der Waals surface area contributed by atoms with Gasteiger partial charge >= 0.3 is 0 Å². The van der Waals surface area contributed by atoms with E-state index in [0.29, 0.717) is 0 Å². The van der Waals surface area contributed by atoms with Gasteiger partial charge in [0, 0.05) is 10.8 Å². The van der Waals surface area contributed by atoms with Crippen LogP contribution in [-0.4, -0.2) is 18.1 Å². The van der Waals surface area contributed by atoms with E-state index in [9.17, 15) is 4.79 Å². The monoisotopic (exact) mass is 690 g/mol. The van der Waals surface area contributed by atoms with Crippen LogP contribution in [0.2, 0.25) is 0 Å². The lowest BCUT2D eigenvalue weighted by atomic mass is 10.00. The molecule has 0 atom stereocenters. The van der Waals surface area contributed by atoms with Gasteiger partial charge in [0.25, 0.3) is 0 Å². The van der Waals surface area contributed by atoms with E-state index in [2.05, 4.69) is 145 Å². The average molecular weight is 691 g/mol. The van der Waals surface area contributed by atoms with Crippen LogP contribution in [0.15, 0.2) is 138 Å². The highest BCUT2D eigenvalue weighted by molar-refractivity contribution is 7.99. The molecule has 0 amide bonds. The molecule has 0 radical (unpaired) electrons. The van der Waals surface area contributed by atoms with Crippen LogP contribution in [0.1, 0.15) is 79.4 Å². The molecule has 5 aromatic rings. The highest BCUT2D eigenvalue weighted by Crippen LogP contribution is 2.20. The molecule has 0 fully saturated rings. The van der Waals surface area contributed by atoms with E-state index < -0.39 is 0 Å². The third-order valence-electron chi connectivity index (χ3n) is 7.79. The summed E-state index contributed by atoms with van der Waals surface area (Å²) in [7, 11) is 0. The highest BCUT2D eigenvalue weighted by Gasteiger charge is 2.07. The number of Topliss-reactive ketones (excluding diaryl/α,β-unsaturated/α-hetero) is 1. The molecule has 0 saturated carbocycles. The number of aryl methyl sites for hydroxylation is 1. The van der Waals surface area contributed by atoms with Crippen molar-refractivity contribution < 1.29 is 9.53 Å². The summed E-state index contributed by atoms with van der Waals surface area (Å²) in [6.45, 7) is 17.5. The summed E-state index contributed by atoms with van der Waals surface area (Å²) in [5, 5.41) is 2.70. The van der Waals surface area contributed by atoms with Gasteiger partial charge in [0.2, 0.25) is 0 Å². The first-order chi connectivity index (χ1) is 24.0. The number of para-hydroxylation sites is 1. The van der Waals surface area contributed by atoms with Crippen LogP contribution >= 0.6 is 11.8 Å². The molecule has 0 aromatic heterocycles. The number of thioether (sulfide) groups is 1. The van der Waals surface area contributed by atoms with Crippen molar-refractivity contribution in [2.24, 2.45) is 23.7 Å². The zero-order chi connectivity index (χ0) is 36.6. The number of carbonyl (C=O) groups excluding carboxylic acids is 1. The van der Waals surface area contributed by atoms with Crippen LogP contribution in [0.4, 0.5) is 0 Å². The predicted octanol–water partition coefficient (Wildman–Crippen LogP) is 13.4. The molecule has 3 heteroatoms. The van der Waals surface area contributed by atoms with Gasteiger partial charge < -0.3 is 4.74 Å². The van der Waals surface area contributed by atoms with Gasteiger partial charge in [0.05, 0.1) is 0 Å². The second-order valence-electron chi connectivity index (χ2n) is 14.3. The number of carbonyl (C=O) groups is 1. The lowest BCUT2D eigenvalue weighted by molar-refractivity contribution is -0.123. The van der Waals surface area contributed by atoms with Gasteiger partial charge in [-0.1, -0.05) is 165 Å². The molecule has 50 heavy (non-hydrogen) atoms. The van der Waals surface area contributed by atoms with Crippen molar-refractivity contribution in [3.63, 3.8) is 0 Å². The van der Waals surface area contributed by atoms with Gasteiger partial charge in [0.1, 0.15) is 12.4 Å². The van der Waals surface area contributed by atoms with Gasteiger partial charge in [-0.25, -0.2) is 0 Å². The fourth-order valence-corrected chi connectivity index (χ4v) is 5.88. The first kappa shape index (κ1) is 42.3. The number of ether oxygens (including phenoxy) is 1.